The summed E-state index contributed by atoms with van der Waals surface area (Å²) < 4.78 is 0. The molecule has 2 rings (SSSR count). The van der Waals surface area contributed by atoms with Crippen molar-refractivity contribution in [1.82, 2.24) is 10.2 Å². The molecule has 0 saturated carbocycles. The summed E-state index contributed by atoms with van der Waals surface area (Å²) in [5.41, 5.74) is 6.66. The van der Waals surface area contributed by atoms with Crippen LogP contribution in [0.15, 0.2) is 30.3 Å². The van der Waals surface area contributed by atoms with Gasteiger partial charge in [0.25, 0.3) is 0 Å². The fourth-order valence-corrected chi connectivity index (χ4v) is 2.27. The van der Waals surface area contributed by atoms with Crippen LogP contribution in [-0.2, 0) is 6.54 Å². The van der Waals surface area contributed by atoms with E-state index in [1.165, 1.54) is 11.3 Å². The van der Waals surface area contributed by atoms with Gasteiger partial charge in [-0.15, -0.1) is 10.2 Å². The Bertz CT molecular complexity index is 440. The van der Waals surface area contributed by atoms with E-state index in [0.29, 0.717) is 6.54 Å². The van der Waals surface area contributed by atoms with E-state index >= 15 is 0 Å². The van der Waals surface area contributed by atoms with Gasteiger partial charge in [-0.1, -0.05) is 29.5 Å². The lowest BCUT2D eigenvalue weighted by atomic mass is 10.3. The van der Waals surface area contributed by atoms with Crippen molar-refractivity contribution >= 4 is 22.2 Å². The number of para-hydroxylation sites is 1. The standard InChI is InChI=1S/C11H14N4S/c1-2-15(9-6-4-3-5-7-9)11-14-13-10(8-12)16-11/h3-7H,2,8,12H2,1H3. The summed E-state index contributed by atoms with van der Waals surface area (Å²) >= 11 is 1.54. The molecule has 2 N–H and O–H groups in total. The van der Waals surface area contributed by atoms with Crippen LogP contribution in [0.5, 0.6) is 0 Å². The topological polar surface area (TPSA) is 55.0 Å². The molecule has 0 bridgehead atoms. The molecule has 2 aromatic rings. The van der Waals surface area contributed by atoms with Gasteiger partial charge in [-0.2, -0.15) is 0 Å². The molecule has 0 spiro atoms. The Hall–Kier alpha value is -1.46. The first-order valence-electron chi connectivity index (χ1n) is 5.20. The van der Waals surface area contributed by atoms with E-state index in [-0.39, 0.29) is 0 Å². The van der Waals surface area contributed by atoms with Gasteiger partial charge in [0.1, 0.15) is 5.01 Å². The summed E-state index contributed by atoms with van der Waals surface area (Å²) in [5.74, 6) is 0. The maximum Gasteiger partial charge on any atom is 0.212 e. The monoisotopic (exact) mass is 234 g/mol. The molecule has 0 unspecified atom stereocenters. The number of nitrogens with zero attached hydrogens (tertiary/aromatic N) is 3. The zero-order valence-corrected chi connectivity index (χ0v) is 9.94. The molecule has 84 valence electrons. The number of anilines is 2. The number of aromatic nitrogens is 2. The summed E-state index contributed by atoms with van der Waals surface area (Å²) in [6.07, 6.45) is 0. The van der Waals surface area contributed by atoms with Crippen molar-refractivity contribution in [3.8, 4) is 0 Å². The Labute approximate surface area is 98.7 Å². The maximum absolute atomic E-state index is 5.53. The first-order chi connectivity index (χ1) is 7.85. The Kier molecular flexibility index (Phi) is 3.48. The molecule has 0 radical (unpaired) electrons. The van der Waals surface area contributed by atoms with Crippen LogP contribution in [0, 0.1) is 0 Å². The zero-order chi connectivity index (χ0) is 11.4. The maximum atomic E-state index is 5.53. The molecule has 1 aromatic heterocycles. The van der Waals surface area contributed by atoms with E-state index in [0.717, 1.165) is 22.4 Å². The van der Waals surface area contributed by atoms with Gasteiger partial charge in [0.2, 0.25) is 5.13 Å². The van der Waals surface area contributed by atoms with E-state index in [1.54, 1.807) is 0 Å². The second-order valence-corrected chi connectivity index (χ2v) is 4.30. The van der Waals surface area contributed by atoms with Gasteiger partial charge in [-0.25, -0.2) is 0 Å². The molecule has 0 aliphatic rings. The van der Waals surface area contributed by atoms with Crippen LogP contribution in [0.2, 0.25) is 0 Å². The van der Waals surface area contributed by atoms with Crippen molar-refractivity contribution in [2.24, 2.45) is 5.73 Å². The summed E-state index contributed by atoms with van der Waals surface area (Å²) in [4.78, 5) is 2.12. The second kappa shape index (κ2) is 5.05. The normalized spacial score (nSPS) is 10.4. The third kappa shape index (κ3) is 2.20. The van der Waals surface area contributed by atoms with E-state index in [1.807, 2.05) is 18.2 Å². The molecular weight excluding hydrogens is 220 g/mol. The van der Waals surface area contributed by atoms with Gasteiger partial charge in [-0.05, 0) is 19.1 Å². The molecule has 5 heteroatoms. The average molecular weight is 234 g/mol. The highest BCUT2D eigenvalue weighted by molar-refractivity contribution is 7.15. The number of hydrogen-bond donors (Lipinski definition) is 1. The molecule has 0 atom stereocenters. The lowest BCUT2D eigenvalue weighted by molar-refractivity contribution is 0.929. The van der Waals surface area contributed by atoms with E-state index < -0.39 is 0 Å². The summed E-state index contributed by atoms with van der Waals surface area (Å²) in [6.45, 7) is 3.41. The molecular formula is C11H14N4S. The van der Waals surface area contributed by atoms with Gasteiger partial charge in [0.15, 0.2) is 0 Å². The SMILES string of the molecule is CCN(c1ccccc1)c1nnc(CN)s1. The van der Waals surface area contributed by atoms with Gasteiger partial charge >= 0.3 is 0 Å². The minimum atomic E-state index is 0.448. The fourth-order valence-electron chi connectivity index (χ4n) is 1.47. The highest BCUT2D eigenvalue weighted by Crippen LogP contribution is 2.27. The molecule has 0 fully saturated rings. The van der Waals surface area contributed by atoms with Gasteiger partial charge < -0.3 is 10.6 Å². The first-order valence-corrected chi connectivity index (χ1v) is 6.01. The van der Waals surface area contributed by atoms with Crippen LogP contribution < -0.4 is 10.6 Å². The number of hydrogen-bond acceptors (Lipinski definition) is 5. The predicted molar refractivity (Wildman–Crippen MR) is 66.9 cm³/mol. The van der Waals surface area contributed by atoms with Gasteiger partial charge in [0, 0.05) is 18.8 Å². The Morgan fingerprint density at radius 1 is 1.25 bits per heavy atom. The first kappa shape index (κ1) is 11.0. The van der Waals surface area contributed by atoms with Crippen LogP contribution in [0.1, 0.15) is 11.9 Å². The molecule has 0 amide bonds. The summed E-state index contributed by atoms with van der Waals surface area (Å²) in [5, 5.41) is 9.94. The lowest BCUT2D eigenvalue weighted by Crippen LogP contribution is -2.15. The number of rotatable bonds is 4. The van der Waals surface area contributed by atoms with Crippen LogP contribution in [0.3, 0.4) is 0 Å². The summed E-state index contributed by atoms with van der Waals surface area (Å²) in [6, 6.07) is 10.2. The van der Waals surface area contributed by atoms with E-state index in [2.05, 4.69) is 34.2 Å². The predicted octanol–water partition coefficient (Wildman–Crippen LogP) is 2.15. The largest absolute Gasteiger partial charge is 0.324 e. The van der Waals surface area contributed by atoms with Crippen molar-refractivity contribution in [3.63, 3.8) is 0 Å². The van der Waals surface area contributed by atoms with Crippen LogP contribution in [0.25, 0.3) is 0 Å². The molecule has 0 saturated heterocycles. The van der Waals surface area contributed by atoms with Crippen molar-refractivity contribution in [2.45, 2.75) is 13.5 Å². The Morgan fingerprint density at radius 3 is 2.56 bits per heavy atom. The Balaban J connectivity index is 2.29. The van der Waals surface area contributed by atoms with E-state index in [9.17, 15) is 0 Å². The fraction of sp³-hybridized carbons (Fsp3) is 0.273. The molecule has 0 aliphatic carbocycles. The third-order valence-corrected chi connectivity index (χ3v) is 3.21. The van der Waals surface area contributed by atoms with Gasteiger partial charge in [-0.3, -0.25) is 0 Å². The van der Waals surface area contributed by atoms with Gasteiger partial charge in [0.05, 0.1) is 0 Å². The minimum absolute atomic E-state index is 0.448. The summed E-state index contributed by atoms with van der Waals surface area (Å²) in [7, 11) is 0. The number of nitrogens with two attached hydrogens (primary N) is 1. The molecule has 0 aliphatic heterocycles. The Morgan fingerprint density at radius 2 is 2.00 bits per heavy atom. The molecule has 1 aromatic carbocycles. The highest BCUT2D eigenvalue weighted by atomic mass is 32.1. The third-order valence-electron chi connectivity index (χ3n) is 2.25. The smallest absolute Gasteiger partial charge is 0.212 e. The molecule has 4 nitrogen and oxygen atoms in total. The average Bonchev–Trinajstić information content (AvgIpc) is 2.80. The van der Waals surface area contributed by atoms with Crippen molar-refractivity contribution < 1.29 is 0 Å². The quantitative estimate of drug-likeness (QED) is 0.880. The highest BCUT2D eigenvalue weighted by Gasteiger charge is 2.11. The van der Waals surface area contributed by atoms with Crippen LogP contribution >= 0.6 is 11.3 Å². The molecule has 1 heterocycles. The minimum Gasteiger partial charge on any atom is -0.324 e. The van der Waals surface area contributed by atoms with Crippen molar-refractivity contribution in [1.29, 1.82) is 0 Å². The van der Waals surface area contributed by atoms with Crippen molar-refractivity contribution in [3.05, 3.63) is 35.3 Å². The molecule has 16 heavy (non-hydrogen) atoms. The van der Waals surface area contributed by atoms with Crippen LogP contribution in [0.4, 0.5) is 10.8 Å². The van der Waals surface area contributed by atoms with Crippen LogP contribution in [-0.4, -0.2) is 16.7 Å². The second-order valence-electron chi connectivity index (χ2n) is 3.26. The van der Waals surface area contributed by atoms with E-state index in [4.69, 9.17) is 5.73 Å². The zero-order valence-electron chi connectivity index (χ0n) is 9.13. The van der Waals surface area contributed by atoms with Crippen molar-refractivity contribution in [2.75, 3.05) is 11.4 Å². The number of benzene rings is 1. The lowest BCUT2D eigenvalue weighted by Gasteiger charge is -2.18.